The molecule has 0 amide bonds. The zero-order valence-corrected chi connectivity index (χ0v) is 30.7. The molecule has 0 N–H and O–H groups in total. The first-order valence-corrected chi connectivity index (χ1v) is 19.6. The largest absolute Gasteiger partial charge is 0.456 e. The number of benzene rings is 9. The van der Waals surface area contributed by atoms with Crippen molar-refractivity contribution in [1.29, 1.82) is 0 Å². The van der Waals surface area contributed by atoms with Crippen molar-refractivity contribution < 1.29 is 4.42 Å². The lowest BCUT2D eigenvalue weighted by atomic mass is 9.91. The first kappa shape index (κ1) is 31.2. The molecule has 56 heavy (non-hydrogen) atoms. The molecule has 12 aromatic rings. The van der Waals surface area contributed by atoms with Crippen molar-refractivity contribution in [2.45, 2.75) is 0 Å². The lowest BCUT2D eigenvalue weighted by Crippen LogP contribution is -2.00. The third-order valence-corrected chi connectivity index (χ3v) is 12.3. The van der Waals surface area contributed by atoms with Gasteiger partial charge >= 0.3 is 0 Å². The van der Waals surface area contributed by atoms with E-state index in [0.29, 0.717) is 17.5 Å². The van der Waals surface area contributed by atoms with Gasteiger partial charge in [0.1, 0.15) is 11.2 Å². The lowest BCUT2D eigenvalue weighted by molar-refractivity contribution is 0.669. The van der Waals surface area contributed by atoms with Crippen LogP contribution in [0.25, 0.3) is 120 Å². The van der Waals surface area contributed by atoms with Crippen LogP contribution >= 0.6 is 11.3 Å². The fourth-order valence-electron chi connectivity index (χ4n) is 8.40. The van der Waals surface area contributed by atoms with Crippen LogP contribution in [0.5, 0.6) is 0 Å². The Labute approximate surface area is 325 Å². The smallest absolute Gasteiger partial charge is 0.164 e. The maximum Gasteiger partial charge on any atom is 0.164 e. The van der Waals surface area contributed by atoms with Gasteiger partial charge < -0.3 is 4.42 Å². The maximum atomic E-state index is 6.15. The molecule has 3 aromatic heterocycles. The van der Waals surface area contributed by atoms with Crippen LogP contribution in [0.3, 0.4) is 0 Å². The topological polar surface area (TPSA) is 51.8 Å². The Balaban J connectivity index is 1.05. The van der Waals surface area contributed by atoms with Gasteiger partial charge in [-0.1, -0.05) is 121 Å². The van der Waals surface area contributed by atoms with E-state index in [4.69, 9.17) is 19.4 Å². The number of aromatic nitrogens is 3. The Morgan fingerprint density at radius 1 is 0.286 bits per heavy atom. The molecule has 3 heterocycles. The molecule has 9 aromatic carbocycles. The van der Waals surface area contributed by atoms with Gasteiger partial charge in [-0.25, -0.2) is 15.0 Å². The molecular formula is C51H29N3OS. The van der Waals surface area contributed by atoms with Gasteiger partial charge in [0.2, 0.25) is 0 Å². The molecule has 0 aliphatic rings. The summed E-state index contributed by atoms with van der Waals surface area (Å²) in [6.07, 6.45) is 0. The number of hydrogen-bond donors (Lipinski definition) is 0. The van der Waals surface area contributed by atoms with E-state index in [2.05, 4.69) is 146 Å². The summed E-state index contributed by atoms with van der Waals surface area (Å²) in [7, 11) is 0. The van der Waals surface area contributed by atoms with Crippen LogP contribution in [0.2, 0.25) is 0 Å². The summed E-state index contributed by atoms with van der Waals surface area (Å²) in [5.41, 5.74) is 6.98. The van der Waals surface area contributed by atoms with Crippen LogP contribution in [-0.4, -0.2) is 15.0 Å². The summed E-state index contributed by atoms with van der Waals surface area (Å²) >= 11 is 1.81. The van der Waals surface area contributed by atoms with Gasteiger partial charge in [-0.15, -0.1) is 11.3 Å². The van der Waals surface area contributed by atoms with Crippen molar-refractivity contribution in [3.8, 4) is 45.3 Å². The van der Waals surface area contributed by atoms with Gasteiger partial charge in [0.15, 0.2) is 17.5 Å². The third kappa shape index (κ3) is 4.88. The fraction of sp³-hybridized carbons (Fsp3) is 0. The Bertz CT molecular complexity index is 3550. The molecule has 0 spiro atoms. The van der Waals surface area contributed by atoms with Gasteiger partial charge in [0.25, 0.3) is 0 Å². The highest BCUT2D eigenvalue weighted by molar-refractivity contribution is 7.25. The number of rotatable bonds is 4. The van der Waals surface area contributed by atoms with E-state index in [1.807, 2.05) is 41.7 Å². The Morgan fingerprint density at radius 3 is 1.52 bits per heavy atom. The van der Waals surface area contributed by atoms with Crippen LogP contribution in [-0.2, 0) is 0 Å². The van der Waals surface area contributed by atoms with Crippen LogP contribution < -0.4 is 0 Å². The minimum atomic E-state index is 0.643. The molecule has 0 aliphatic carbocycles. The lowest BCUT2D eigenvalue weighted by Gasteiger charge is -2.14. The predicted octanol–water partition coefficient (Wildman–Crippen LogP) is 14.3. The summed E-state index contributed by atoms with van der Waals surface area (Å²) in [4.78, 5) is 15.4. The molecule has 4 nitrogen and oxygen atoms in total. The molecule has 260 valence electrons. The van der Waals surface area contributed by atoms with Gasteiger partial charge in [-0.2, -0.15) is 0 Å². The second-order valence-electron chi connectivity index (χ2n) is 14.4. The molecule has 0 unspecified atom stereocenters. The van der Waals surface area contributed by atoms with E-state index in [1.54, 1.807) is 0 Å². The average molecular weight is 732 g/mol. The quantitative estimate of drug-likeness (QED) is 0.169. The Morgan fingerprint density at radius 2 is 0.750 bits per heavy atom. The number of hydrogen-bond acceptors (Lipinski definition) is 5. The SMILES string of the molecule is c1ccc(-c2nc(-c3ccc4sc5ccccc5c4c3)nc(-c3ccc4c5ccccc5c5cc(-c6ccc7oc8ccccc8c7c6)ccc5c4c3)n2)cc1. The second kappa shape index (κ2) is 12.2. The first-order chi connectivity index (χ1) is 27.7. The molecular weight excluding hydrogens is 703 g/mol. The molecule has 0 aliphatic heterocycles. The standard InChI is InChI=1S/C51H29N3OS/c1-2-10-30(11-3-1)49-52-50(54-51(53-49)34-21-25-48-44(29-34)40-15-7-9-17-47(40)56-48)33-19-23-37-35-12-4-5-13-36(35)41-26-31(18-22-38(41)42(37)28-33)32-20-24-46-43(27-32)39-14-6-8-16-45(39)55-46/h1-29H. The number of nitrogens with zero attached hydrogens (tertiary/aromatic N) is 3. The van der Waals surface area contributed by atoms with Crippen molar-refractivity contribution >= 4 is 85.8 Å². The van der Waals surface area contributed by atoms with E-state index >= 15 is 0 Å². The summed E-state index contributed by atoms with van der Waals surface area (Å²) in [6.45, 7) is 0. The number of thiophene rings is 1. The summed E-state index contributed by atoms with van der Waals surface area (Å²) in [6, 6.07) is 62.3. The highest BCUT2D eigenvalue weighted by Gasteiger charge is 2.17. The zero-order chi connectivity index (χ0) is 36.7. The zero-order valence-electron chi connectivity index (χ0n) is 29.9. The van der Waals surface area contributed by atoms with Crippen LogP contribution in [0, 0.1) is 0 Å². The number of fused-ring (bicyclic) bond motifs is 12. The van der Waals surface area contributed by atoms with E-state index in [0.717, 1.165) is 55.1 Å². The van der Waals surface area contributed by atoms with Crippen molar-refractivity contribution in [3.63, 3.8) is 0 Å². The van der Waals surface area contributed by atoms with E-state index in [-0.39, 0.29) is 0 Å². The van der Waals surface area contributed by atoms with Gasteiger partial charge in [0, 0.05) is 47.6 Å². The molecule has 0 bridgehead atoms. The number of furan rings is 1. The maximum absolute atomic E-state index is 6.15. The van der Waals surface area contributed by atoms with E-state index in [9.17, 15) is 0 Å². The van der Waals surface area contributed by atoms with Crippen LogP contribution in [0.1, 0.15) is 0 Å². The van der Waals surface area contributed by atoms with Crippen molar-refractivity contribution in [1.82, 2.24) is 15.0 Å². The molecule has 0 fully saturated rings. The van der Waals surface area contributed by atoms with Gasteiger partial charge in [-0.3, -0.25) is 0 Å². The van der Waals surface area contributed by atoms with Gasteiger partial charge in [-0.05, 0) is 98.0 Å². The Kier molecular flexibility index (Phi) is 6.76. The first-order valence-electron chi connectivity index (χ1n) is 18.8. The summed E-state index contributed by atoms with van der Waals surface area (Å²) < 4.78 is 8.67. The monoisotopic (exact) mass is 731 g/mol. The number of para-hydroxylation sites is 1. The second-order valence-corrected chi connectivity index (χ2v) is 15.4. The average Bonchev–Trinajstić information content (AvgIpc) is 3.84. The highest BCUT2D eigenvalue weighted by Crippen LogP contribution is 2.41. The van der Waals surface area contributed by atoms with Crippen molar-refractivity contribution in [2.24, 2.45) is 0 Å². The van der Waals surface area contributed by atoms with E-state index < -0.39 is 0 Å². The van der Waals surface area contributed by atoms with Gasteiger partial charge in [0.05, 0.1) is 0 Å². The Hall–Kier alpha value is -7.21. The predicted molar refractivity (Wildman–Crippen MR) is 234 cm³/mol. The van der Waals surface area contributed by atoms with Crippen molar-refractivity contribution in [3.05, 3.63) is 176 Å². The normalized spacial score (nSPS) is 11.9. The molecule has 0 saturated heterocycles. The summed E-state index contributed by atoms with van der Waals surface area (Å²) in [5.74, 6) is 1.95. The molecule has 0 saturated carbocycles. The molecule has 0 atom stereocenters. The molecule has 5 heteroatoms. The summed E-state index contributed by atoms with van der Waals surface area (Å²) in [5, 5.41) is 11.9. The van der Waals surface area contributed by atoms with Crippen LogP contribution in [0.15, 0.2) is 180 Å². The van der Waals surface area contributed by atoms with Crippen LogP contribution in [0.4, 0.5) is 0 Å². The highest BCUT2D eigenvalue weighted by atomic mass is 32.1. The fourth-order valence-corrected chi connectivity index (χ4v) is 9.48. The minimum absolute atomic E-state index is 0.643. The van der Waals surface area contributed by atoms with E-state index in [1.165, 1.54) is 47.1 Å². The van der Waals surface area contributed by atoms with Crippen molar-refractivity contribution in [2.75, 3.05) is 0 Å². The molecule has 0 radical (unpaired) electrons. The third-order valence-electron chi connectivity index (χ3n) is 11.1. The minimum Gasteiger partial charge on any atom is -0.456 e. The molecule has 12 rings (SSSR count).